The minimum absolute atomic E-state index is 0.0308. The molecule has 2 aliphatic carbocycles. The lowest BCUT2D eigenvalue weighted by atomic mass is 9.85. The molecule has 0 bridgehead atoms. The SMILES string of the molecule is FC1(F)CCC(c2cnc(CCNC3CC3)o2)CC1. The molecule has 0 amide bonds. The Hall–Kier alpha value is -0.970. The standard InChI is InChI=1S/C14H20F2N2O/c15-14(16)6-3-10(4-7-14)12-9-18-13(19-12)5-8-17-11-1-2-11/h9-11,17H,1-8H2. The molecule has 0 unspecified atom stereocenters. The van der Waals surface area contributed by atoms with Crippen LogP contribution < -0.4 is 5.32 Å². The van der Waals surface area contributed by atoms with Crippen molar-refractivity contribution in [2.24, 2.45) is 0 Å². The molecule has 2 fully saturated rings. The van der Waals surface area contributed by atoms with Crippen LogP contribution in [0, 0.1) is 0 Å². The fourth-order valence-electron chi connectivity index (χ4n) is 2.62. The minimum atomic E-state index is -2.48. The van der Waals surface area contributed by atoms with Gasteiger partial charge in [0.05, 0.1) is 6.20 Å². The number of hydrogen-bond acceptors (Lipinski definition) is 3. The van der Waals surface area contributed by atoms with E-state index in [1.165, 1.54) is 12.8 Å². The van der Waals surface area contributed by atoms with E-state index in [-0.39, 0.29) is 18.8 Å². The quantitative estimate of drug-likeness (QED) is 0.892. The first-order chi connectivity index (χ1) is 9.12. The molecule has 0 spiro atoms. The topological polar surface area (TPSA) is 38.1 Å². The van der Waals surface area contributed by atoms with Gasteiger partial charge < -0.3 is 9.73 Å². The van der Waals surface area contributed by atoms with Gasteiger partial charge in [0.2, 0.25) is 5.92 Å². The molecule has 0 aromatic carbocycles. The number of halogens is 2. The van der Waals surface area contributed by atoms with Crippen molar-refractivity contribution in [3.63, 3.8) is 0 Å². The van der Waals surface area contributed by atoms with E-state index < -0.39 is 5.92 Å². The lowest BCUT2D eigenvalue weighted by Crippen LogP contribution is -2.23. The van der Waals surface area contributed by atoms with Crippen molar-refractivity contribution >= 4 is 0 Å². The summed E-state index contributed by atoms with van der Waals surface area (Å²) in [7, 11) is 0. The Bertz CT molecular complexity index is 419. The summed E-state index contributed by atoms with van der Waals surface area (Å²) in [6.07, 6.45) is 5.98. The maximum atomic E-state index is 13.1. The normalized spacial score (nSPS) is 23.7. The third kappa shape index (κ3) is 3.53. The zero-order valence-corrected chi connectivity index (χ0v) is 11.0. The van der Waals surface area contributed by atoms with E-state index in [2.05, 4.69) is 10.3 Å². The minimum Gasteiger partial charge on any atom is -0.445 e. The molecule has 0 radical (unpaired) electrons. The highest BCUT2D eigenvalue weighted by atomic mass is 19.3. The van der Waals surface area contributed by atoms with E-state index in [0.717, 1.165) is 24.6 Å². The summed E-state index contributed by atoms with van der Waals surface area (Å²) in [5.41, 5.74) is 0. The molecule has 2 saturated carbocycles. The molecule has 1 heterocycles. The zero-order valence-electron chi connectivity index (χ0n) is 11.0. The number of rotatable bonds is 5. The first-order valence-electron chi connectivity index (χ1n) is 7.18. The Morgan fingerprint density at radius 3 is 2.68 bits per heavy atom. The van der Waals surface area contributed by atoms with E-state index in [4.69, 9.17) is 4.42 Å². The maximum absolute atomic E-state index is 13.1. The predicted octanol–water partition coefficient (Wildman–Crippen LogP) is 3.26. The van der Waals surface area contributed by atoms with Gasteiger partial charge in [0.1, 0.15) is 5.76 Å². The van der Waals surface area contributed by atoms with Gasteiger partial charge >= 0.3 is 0 Å². The Balaban J connectivity index is 1.49. The lowest BCUT2D eigenvalue weighted by molar-refractivity contribution is -0.0395. The highest BCUT2D eigenvalue weighted by molar-refractivity contribution is 5.04. The van der Waals surface area contributed by atoms with Gasteiger partial charge in [-0.3, -0.25) is 0 Å². The molecule has 0 aliphatic heterocycles. The van der Waals surface area contributed by atoms with Crippen LogP contribution in [0.5, 0.6) is 0 Å². The predicted molar refractivity (Wildman–Crippen MR) is 67.4 cm³/mol. The molecular weight excluding hydrogens is 250 g/mol. The van der Waals surface area contributed by atoms with Gasteiger partial charge in [0.25, 0.3) is 0 Å². The Labute approximate surface area is 111 Å². The van der Waals surface area contributed by atoms with Gasteiger partial charge in [0, 0.05) is 37.8 Å². The fourth-order valence-corrected chi connectivity index (χ4v) is 2.62. The number of alkyl halides is 2. The van der Waals surface area contributed by atoms with Crippen LogP contribution in [0.4, 0.5) is 8.78 Å². The largest absolute Gasteiger partial charge is 0.445 e. The van der Waals surface area contributed by atoms with Gasteiger partial charge in [-0.15, -0.1) is 0 Å². The molecular formula is C14H20F2N2O. The summed E-state index contributed by atoms with van der Waals surface area (Å²) in [4.78, 5) is 4.25. The molecule has 2 aliphatic rings. The van der Waals surface area contributed by atoms with E-state index in [1.807, 2.05) is 0 Å². The molecule has 1 N–H and O–H groups in total. The highest BCUT2D eigenvalue weighted by Crippen LogP contribution is 2.40. The molecule has 0 atom stereocenters. The summed E-state index contributed by atoms with van der Waals surface area (Å²) in [5, 5.41) is 3.41. The molecule has 19 heavy (non-hydrogen) atoms. The Morgan fingerprint density at radius 1 is 1.26 bits per heavy atom. The average molecular weight is 270 g/mol. The monoisotopic (exact) mass is 270 g/mol. The van der Waals surface area contributed by atoms with Crippen LogP contribution in [-0.4, -0.2) is 23.5 Å². The number of aromatic nitrogens is 1. The molecule has 0 saturated heterocycles. The van der Waals surface area contributed by atoms with E-state index in [9.17, 15) is 8.78 Å². The van der Waals surface area contributed by atoms with E-state index in [1.54, 1.807) is 6.20 Å². The van der Waals surface area contributed by atoms with Gasteiger partial charge in [0.15, 0.2) is 5.89 Å². The number of nitrogens with zero attached hydrogens (tertiary/aromatic N) is 1. The third-order valence-electron chi connectivity index (χ3n) is 4.04. The van der Waals surface area contributed by atoms with Crippen LogP contribution in [0.15, 0.2) is 10.6 Å². The fraction of sp³-hybridized carbons (Fsp3) is 0.786. The van der Waals surface area contributed by atoms with Crippen molar-refractivity contribution in [2.75, 3.05) is 6.54 Å². The molecule has 1 aromatic rings. The van der Waals surface area contributed by atoms with Gasteiger partial charge in [-0.1, -0.05) is 0 Å². The summed E-state index contributed by atoms with van der Waals surface area (Å²) in [5.74, 6) is -0.845. The summed E-state index contributed by atoms with van der Waals surface area (Å²) < 4.78 is 31.9. The van der Waals surface area contributed by atoms with Crippen molar-refractivity contribution in [2.45, 2.75) is 62.8 Å². The van der Waals surface area contributed by atoms with Crippen LogP contribution >= 0.6 is 0 Å². The molecule has 5 heteroatoms. The van der Waals surface area contributed by atoms with Crippen LogP contribution in [0.1, 0.15) is 56.1 Å². The smallest absolute Gasteiger partial charge is 0.248 e. The molecule has 1 aromatic heterocycles. The van der Waals surface area contributed by atoms with Crippen LogP contribution in [0.3, 0.4) is 0 Å². The summed E-state index contributed by atoms with van der Waals surface area (Å²) >= 11 is 0. The van der Waals surface area contributed by atoms with E-state index in [0.29, 0.717) is 18.9 Å². The second-order valence-corrected chi connectivity index (χ2v) is 5.76. The second kappa shape index (κ2) is 5.19. The molecule has 3 rings (SSSR count). The summed E-state index contributed by atoms with van der Waals surface area (Å²) in [6, 6.07) is 0.690. The van der Waals surface area contributed by atoms with Crippen LogP contribution in [0.2, 0.25) is 0 Å². The summed E-state index contributed by atoms with van der Waals surface area (Å²) in [6.45, 7) is 0.882. The van der Waals surface area contributed by atoms with Crippen molar-refractivity contribution in [3.8, 4) is 0 Å². The third-order valence-corrected chi connectivity index (χ3v) is 4.04. The molecule has 106 valence electrons. The number of nitrogens with one attached hydrogen (secondary N) is 1. The number of oxazole rings is 1. The van der Waals surface area contributed by atoms with Crippen LogP contribution in [0.25, 0.3) is 0 Å². The van der Waals surface area contributed by atoms with Gasteiger partial charge in [-0.25, -0.2) is 13.8 Å². The average Bonchev–Trinajstić information content (AvgIpc) is 3.07. The van der Waals surface area contributed by atoms with Crippen molar-refractivity contribution in [1.82, 2.24) is 10.3 Å². The number of hydrogen-bond donors (Lipinski definition) is 1. The second-order valence-electron chi connectivity index (χ2n) is 5.76. The van der Waals surface area contributed by atoms with Crippen LogP contribution in [-0.2, 0) is 6.42 Å². The highest BCUT2D eigenvalue weighted by Gasteiger charge is 2.36. The van der Waals surface area contributed by atoms with Crippen molar-refractivity contribution in [3.05, 3.63) is 17.8 Å². The van der Waals surface area contributed by atoms with Gasteiger partial charge in [-0.05, 0) is 25.7 Å². The van der Waals surface area contributed by atoms with Crippen molar-refractivity contribution < 1.29 is 13.2 Å². The zero-order chi connectivity index (χ0) is 13.3. The Kier molecular flexibility index (Phi) is 3.56. The van der Waals surface area contributed by atoms with E-state index >= 15 is 0 Å². The maximum Gasteiger partial charge on any atom is 0.248 e. The lowest BCUT2D eigenvalue weighted by Gasteiger charge is -2.26. The molecule has 3 nitrogen and oxygen atoms in total. The van der Waals surface area contributed by atoms with Gasteiger partial charge in [-0.2, -0.15) is 0 Å². The van der Waals surface area contributed by atoms with Crippen molar-refractivity contribution in [1.29, 1.82) is 0 Å². The first kappa shape index (κ1) is 13.0. The first-order valence-corrected chi connectivity index (χ1v) is 7.18. The Morgan fingerprint density at radius 2 is 2.00 bits per heavy atom.